The number of hydrogen-bond acceptors (Lipinski definition) is 3. The Morgan fingerprint density at radius 1 is 1.22 bits per heavy atom. The van der Waals surface area contributed by atoms with E-state index in [0.29, 0.717) is 11.6 Å². The molecule has 1 unspecified atom stereocenters. The number of nitrogens with one attached hydrogen (secondary N) is 1. The molecular weight excluding hydrogens is 316 g/mol. The van der Waals surface area contributed by atoms with Gasteiger partial charge < -0.3 is 15.8 Å². The SMILES string of the molecule is CC(Oc1ccc(Cl)cc1C(N)=O)C(=O)NCc1ccccc1. The number of carbonyl (C=O) groups excluding carboxylic acids is 2. The highest BCUT2D eigenvalue weighted by molar-refractivity contribution is 6.31. The molecule has 0 fully saturated rings. The van der Waals surface area contributed by atoms with E-state index in [-0.39, 0.29) is 17.2 Å². The van der Waals surface area contributed by atoms with Gasteiger partial charge in [0.25, 0.3) is 11.8 Å². The average Bonchev–Trinajstić information content (AvgIpc) is 2.55. The summed E-state index contributed by atoms with van der Waals surface area (Å²) in [5.74, 6) is -0.733. The van der Waals surface area contributed by atoms with Crippen LogP contribution in [-0.2, 0) is 11.3 Å². The van der Waals surface area contributed by atoms with Crippen LogP contribution < -0.4 is 15.8 Å². The molecule has 0 spiro atoms. The maximum Gasteiger partial charge on any atom is 0.261 e. The van der Waals surface area contributed by atoms with Gasteiger partial charge in [-0.2, -0.15) is 0 Å². The molecule has 2 aromatic rings. The molecule has 120 valence electrons. The van der Waals surface area contributed by atoms with Crippen molar-refractivity contribution in [2.75, 3.05) is 0 Å². The number of halogens is 1. The third-order valence-electron chi connectivity index (χ3n) is 3.19. The number of amides is 2. The summed E-state index contributed by atoms with van der Waals surface area (Å²) in [6, 6.07) is 14.0. The molecule has 0 saturated carbocycles. The van der Waals surface area contributed by atoms with Gasteiger partial charge in [-0.15, -0.1) is 0 Å². The lowest BCUT2D eigenvalue weighted by Crippen LogP contribution is -2.36. The van der Waals surface area contributed by atoms with E-state index >= 15 is 0 Å². The molecule has 0 bridgehead atoms. The minimum absolute atomic E-state index is 0.139. The van der Waals surface area contributed by atoms with Crippen molar-refractivity contribution in [3.05, 3.63) is 64.7 Å². The van der Waals surface area contributed by atoms with E-state index in [1.54, 1.807) is 13.0 Å². The second-order valence-electron chi connectivity index (χ2n) is 4.97. The Kier molecular flexibility index (Phi) is 5.60. The smallest absolute Gasteiger partial charge is 0.261 e. The van der Waals surface area contributed by atoms with E-state index < -0.39 is 12.0 Å². The number of benzene rings is 2. The first-order valence-electron chi connectivity index (χ1n) is 7.05. The summed E-state index contributed by atoms with van der Waals surface area (Å²) < 4.78 is 5.54. The number of primary amides is 1. The molecule has 3 N–H and O–H groups in total. The van der Waals surface area contributed by atoms with Gasteiger partial charge >= 0.3 is 0 Å². The summed E-state index contributed by atoms with van der Waals surface area (Å²) in [7, 11) is 0. The summed E-state index contributed by atoms with van der Waals surface area (Å²) in [4.78, 5) is 23.5. The van der Waals surface area contributed by atoms with Crippen LogP contribution in [0.15, 0.2) is 48.5 Å². The number of hydrogen-bond donors (Lipinski definition) is 2. The summed E-state index contributed by atoms with van der Waals surface area (Å²) in [6.45, 7) is 2.00. The maximum atomic E-state index is 12.1. The Balaban J connectivity index is 2.00. The molecule has 0 aromatic heterocycles. The van der Waals surface area contributed by atoms with Crippen LogP contribution in [0.1, 0.15) is 22.8 Å². The average molecular weight is 333 g/mol. The van der Waals surface area contributed by atoms with E-state index in [9.17, 15) is 9.59 Å². The second kappa shape index (κ2) is 7.65. The largest absolute Gasteiger partial charge is 0.480 e. The van der Waals surface area contributed by atoms with E-state index in [0.717, 1.165) is 5.56 Å². The Bertz CT molecular complexity index is 704. The van der Waals surface area contributed by atoms with Crippen LogP contribution in [0.2, 0.25) is 5.02 Å². The van der Waals surface area contributed by atoms with Gasteiger partial charge in [-0.05, 0) is 30.7 Å². The van der Waals surface area contributed by atoms with Crippen molar-refractivity contribution in [3.63, 3.8) is 0 Å². The fourth-order valence-corrected chi connectivity index (χ4v) is 2.14. The van der Waals surface area contributed by atoms with Crippen molar-refractivity contribution in [1.82, 2.24) is 5.32 Å². The van der Waals surface area contributed by atoms with Crippen molar-refractivity contribution >= 4 is 23.4 Å². The molecule has 1 atom stereocenters. The number of rotatable bonds is 6. The standard InChI is InChI=1S/C17H17ClN2O3/c1-11(17(22)20-10-12-5-3-2-4-6-12)23-15-8-7-13(18)9-14(15)16(19)21/h2-9,11H,10H2,1H3,(H2,19,21)(H,20,22). The summed E-state index contributed by atoms with van der Waals surface area (Å²) in [5, 5.41) is 3.14. The van der Waals surface area contributed by atoms with E-state index in [1.165, 1.54) is 12.1 Å². The molecule has 6 heteroatoms. The summed E-state index contributed by atoms with van der Waals surface area (Å²) in [6.07, 6.45) is -0.780. The molecule has 0 aliphatic rings. The molecule has 2 amide bonds. The fourth-order valence-electron chi connectivity index (χ4n) is 1.97. The molecule has 23 heavy (non-hydrogen) atoms. The Labute approximate surface area is 139 Å². The molecule has 2 aromatic carbocycles. The predicted molar refractivity (Wildman–Crippen MR) is 88.3 cm³/mol. The lowest BCUT2D eigenvalue weighted by molar-refractivity contribution is -0.127. The highest BCUT2D eigenvalue weighted by atomic mass is 35.5. The Hall–Kier alpha value is -2.53. The zero-order chi connectivity index (χ0) is 16.8. The first kappa shape index (κ1) is 16.8. The molecule has 0 saturated heterocycles. The Morgan fingerprint density at radius 3 is 2.57 bits per heavy atom. The zero-order valence-electron chi connectivity index (χ0n) is 12.6. The molecule has 2 rings (SSSR count). The van der Waals surface area contributed by atoms with Gasteiger partial charge in [-0.25, -0.2) is 0 Å². The van der Waals surface area contributed by atoms with Gasteiger partial charge in [0.2, 0.25) is 0 Å². The van der Waals surface area contributed by atoms with Crippen LogP contribution in [0.3, 0.4) is 0 Å². The second-order valence-corrected chi connectivity index (χ2v) is 5.40. The normalized spacial score (nSPS) is 11.6. The molecule has 0 aliphatic carbocycles. The molecule has 0 aliphatic heterocycles. The highest BCUT2D eigenvalue weighted by Crippen LogP contribution is 2.23. The van der Waals surface area contributed by atoms with Crippen LogP contribution in [0.4, 0.5) is 0 Å². The quantitative estimate of drug-likeness (QED) is 0.852. The third-order valence-corrected chi connectivity index (χ3v) is 3.42. The molecule has 0 heterocycles. The molecular formula is C17H17ClN2O3. The monoisotopic (exact) mass is 332 g/mol. The van der Waals surface area contributed by atoms with Gasteiger partial charge in [0.15, 0.2) is 6.10 Å². The van der Waals surface area contributed by atoms with Gasteiger partial charge in [0.1, 0.15) is 5.75 Å². The van der Waals surface area contributed by atoms with Gasteiger partial charge in [0, 0.05) is 11.6 Å². The van der Waals surface area contributed by atoms with Crippen molar-refractivity contribution in [2.45, 2.75) is 19.6 Å². The summed E-state index contributed by atoms with van der Waals surface area (Å²) >= 11 is 5.83. The maximum absolute atomic E-state index is 12.1. The lowest BCUT2D eigenvalue weighted by atomic mass is 10.2. The van der Waals surface area contributed by atoms with E-state index in [4.69, 9.17) is 22.1 Å². The number of carbonyl (C=O) groups is 2. The fraction of sp³-hybridized carbons (Fsp3) is 0.176. The van der Waals surface area contributed by atoms with E-state index in [2.05, 4.69) is 5.32 Å². The molecule has 0 radical (unpaired) electrons. The zero-order valence-corrected chi connectivity index (χ0v) is 13.3. The van der Waals surface area contributed by atoms with Crippen molar-refractivity contribution < 1.29 is 14.3 Å². The third kappa shape index (κ3) is 4.72. The Morgan fingerprint density at radius 2 is 1.91 bits per heavy atom. The minimum atomic E-state index is -0.780. The van der Waals surface area contributed by atoms with Crippen molar-refractivity contribution in [1.29, 1.82) is 0 Å². The van der Waals surface area contributed by atoms with E-state index in [1.807, 2.05) is 30.3 Å². The van der Waals surface area contributed by atoms with Crippen molar-refractivity contribution in [2.24, 2.45) is 5.73 Å². The van der Waals surface area contributed by atoms with Crippen LogP contribution in [-0.4, -0.2) is 17.9 Å². The van der Waals surface area contributed by atoms with Gasteiger partial charge in [-0.1, -0.05) is 41.9 Å². The lowest BCUT2D eigenvalue weighted by Gasteiger charge is -2.16. The minimum Gasteiger partial charge on any atom is -0.480 e. The number of nitrogens with two attached hydrogens (primary N) is 1. The predicted octanol–water partition coefficient (Wildman–Crippen LogP) is 2.52. The molecule has 5 nitrogen and oxygen atoms in total. The summed E-state index contributed by atoms with van der Waals surface area (Å²) in [5.41, 5.74) is 6.41. The van der Waals surface area contributed by atoms with Gasteiger partial charge in [-0.3, -0.25) is 9.59 Å². The number of ether oxygens (including phenoxy) is 1. The van der Waals surface area contributed by atoms with Gasteiger partial charge in [0.05, 0.1) is 5.56 Å². The first-order chi connectivity index (χ1) is 11.0. The van der Waals surface area contributed by atoms with Crippen LogP contribution in [0.5, 0.6) is 5.75 Å². The highest BCUT2D eigenvalue weighted by Gasteiger charge is 2.18. The first-order valence-corrected chi connectivity index (χ1v) is 7.43. The van der Waals surface area contributed by atoms with Crippen LogP contribution >= 0.6 is 11.6 Å². The van der Waals surface area contributed by atoms with Crippen molar-refractivity contribution in [3.8, 4) is 5.75 Å². The van der Waals surface area contributed by atoms with Crippen LogP contribution in [0, 0.1) is 0 Å². The van der Waals surface area contributed by atoms with Crippen LogP contribution in [0.25, 0.3) is 0 Å². The topological polar surface area (TPSA) is 81.4 Å².